The third kappa shape index (κ3) is 3.40. The van der Waals surface area contributed by atoms with Crippen LogP contribution in [0.2, 0.25) is 0 Å². The highest BCUT2D eigenvalue weighted by Crippen LogP contribution is 2.30. The van der Waals surface area contributed by atoms with Crippen LogP contribution in [-0.4, -0.2) is 4.98 Å². The van der Waals surface area contributed by atoms with Gasteiger partial charge in [-0.3, -0.25) is 4.98 Å². The molecule has 0 aliphatic rings. The summed E-state index contributed by atoms with van der Waals surface area (Å²) in [7, 11) is 0. The molecule has 0 radical (unpaired) electrons. The van der Waals surface area contributed by atoms with Crippen molar-refractivity contribution in [3.63, 3.8) is 0 Å². The van der Waals surface area contributed by atoms with Crippen molar-refractivity contribution in [2.75, 3.05) is 0 Å². The maximum absolute atomic E-state index is 5.95. The predicted molar refractivity (Wildman–Crippen MR) is 89.1 cm³/mol. The number of nitrogens with zero attached hydrogens (tertiary/aromatic N) is 1. The molecule has 3 aromatic rings. The van der Waals surface area contributed by atoms with Gasteiger partial charge < -0.3 is 4.74 Å². The minimum absolute atomic E-state index is 0.841. The molecule has 0 saturated heterocycles. The minimum atomic E-state index is 0.841. The van der Waals surface area contributed by atoms with Crippen LogP contribution in [-0.2, 0) is 0 Å². The van der Waals surface area contributed by atoms with Crippen LogP contribution in [0.5, 0.6) is 11.5 Å². The van der Waals surface area contributed by atoms with Gasteiger partial charge in [-0.05, 0) is 55.3 Å². The first-order chi connectivity index (χ1) is 10.2. The van der Waals surface area contributed by atoms with Gasteiger partial charge in [0, 0.05) is 11.6 Å². The first-order valence-corrected chi connectivity index (χ1v) is 7.33. The number of pyridine rings is 1. The monoisotopic (exact) mass is 279 g/mol. The summed E-state index contributed by atoms with van der Waals surface area (Å²) in [6, 6.07) is 16.0. The lowest BCUT2D eigenvalue weighted by atomic mass is 10.1. The number of fused-ring (bicyclic) bond motifs is 1. The second-order valence-corrected chi connectivity index (χ2v) is 4.68. The van der Waals surface area contributed by atoms with Gasteiger partial charge in [-0.25, -0.2) is 0 Å². The third-order valence-electron chi connectivity index (χ3n) is 3.29. The summed E-state index contributed by atoms with van der Waals surface area (Å²) in [5.41, 5.74) is 3.46. The molecule has 0 fully saturated rings. The quantitative estimate of drug-likeness (QED) is 0.603. The Balaban J connectivity index is 0.000000774. The van der Waals surface area contributed by atoms with Gasteiger partial charge in [-0.15, -0.1) is 0 Å². The molecule has 1 heterocycles. The zero-order valence-corrected chi connectivity index (χ0v) is 13.1. The van der Waals surface area contributed by atoms with Crippen molar-refractivity contribution in [2.45, 2.75) is 27.7 Å². The molecular weight excluding hydrogens is 258 g/mol. The topological polar surface area (TPSA) is 22.1 Å². The van der Waals surface area contributed by atoms with Crippen molar-refractivity contribution in [1.29, 1.82) is 0 Å². The summed E-state index contributed by atoms with van der Waals surface area (Å²) in [6.07, 6.45) is 1.79. The Bertz CT molecular complexity index is 720. The van der Waals surface area contributed by atoms with E-state index in [0.717, 1.165) is 22.4 Å². The van der Waals surface area contributed by atoms with Crippen molar-refractivity contribution in [3.8, 4) is 11.5 Å². The number of aromatic nitrogens is 1. The van der Waals surface area contributed by atoms with Crippen molar-refractivity contribution in [1.82, 2.24) is 4.98 Å². The van der Waals surface area contributed by atoms with Crippen LogP contribution in [0.4, 0.5) is 0 Å². The Morgan fingerprint density at radius 1 is 0.857 bits per heavy atom. The van der Waals surface area contributed by atoms with Crippen LogP contribution in [0, 0.1) is 13.8 Å². The number of benzene rings is 2. The lowest BCUT2D eigenvalue weighted by Crippen LogP contribution is -1.90. The van der Waals surface area contributed by atoms with Gasteiger partial charge in [0.05, 0.1) is 5.52 Å². The smallest absolute Gasteiger partial charge is 0.138 e. The molecule has 0 atom stereocenters. The Kier molecular flexibility index (Phi) is 4.94. The van der Waals surface area contributed by atoms with Crippen molar-refractivity contribution in [2.24, 2.45) is 0 Å². The first kappa shape index (κ1) is 15.0. The fraction of sp³-hybridized carbons (Fsp3) is 0.211. The molecule has 1 aromatic heterocycles. The molecule has 0 aliphatic carbocycles. The lowest BCUT2D eigenvalue weighted by molar-refractivity contribution is 0.488. The Morgan fingerprint density at radius 2 is 1.52 bits per heavy atom. The number of hydrogen-bond acceptors (Lipinski definition) is 2. The highest BCUT2D eigenvalue weighted by molar-refractivity contribution is 5.86. The number of rotatable bonds is 2. The molecule has 2 aromatic carbocycles. The second-order valence-electron chi connectivity index (χ2n) is 4.68. The Labute approximate surface area is 126 Å². The first-order valence-electron chi connectivity index (χ1n) is 7.33. The molecule has 2 heteroatoms. The molecule has 0 spiro atoms. The summed E-state index contributed by atoms with van der Waals surface area (Å²) in [5, 5.41) is 1.05. The van der Waals surface area contributed by atoms with Gasteiger partial charge in [0.25, 0.3) is 0 Å². The summed E-state index contributed by atoms with van der Waals surface area (Å²) in [4.78, 5) is 4.41. The van der Waals surface area contributed by atoms with E-state index in [1.54, 1.807) is 6.20 Å². The van der Waals surface area contributed by atoms with Gasteiger partial charge in [0.2, 0.25) is 0 Å². The minimum Gasteiger partial charge on any atom is -0.457 e. The second kappa shape index (κ2) is 6.89. The summed E-state index contributed by atoms with van der Waals surface area (Å²) < 4.78 is 5.95. The Morgan fingerprint density at radius 3 is 2.24 bits per heavy atom. The molecule has 0 saturated carbocycles. The van der Waals surface area contributed by atoms with Crippen LogP contribution in [0.1, 0.15) is 25.0 Å². The predicted octanol–water partition coefficient (Wildman–Crippen LogP) is 5.67. The number of hydrogen-bond donors (Lipinski definition) is 0. The molecule has 0 aliphatic heterocycles. The zero-order valence-electron chi connectivity index (χ0n) is 13.1. The van der Waals surface area contributed by atoms with E-state index in [2.05, 4.69) is 31.0 Å². The van der Waals surface area contributed by atoms with E-state index in [0.29, 0.717) is 0 Å². The van der Waals surface area contributed by atoms with E-state index in [-0.39, 0.29) is 0 Å². The average molecular weight is 279 g/mol. The highest BCUT2D eigenvalue weighted by atomic mass is 16.5. The van der Waals surface area contributed by atoms with E-state index >= 15 is 0 Å². The zero-order chi connectivity index (χ0) is 15.2. The maximum atomic E-state index is 5.95. The molecule has 21 heavy (non-hydrogen) atoms. The van der Waals surface area contributed by atoms with Gasteiger partial charge in [0.1, 0.15) is 11.5 Å². The van der Waals surface area contributed by atoms with Crippen LogP contribution in [0.15, 0.2) is 54.7 Å². The molecule has 0 bridgehead atoms. The summed E-state index contributed by atoms with van der Waals surface area (Å²) in [6.45, 7) is 8.20. The molecule has 0 unspecified atom stereocenters. The fourth-order valence-electron chi connectivity index (χ4n) is 2.08. The van der Waals surface area contributed by atoms with E-state index < -0.39 is 0 Å². The maximum Gasteiger partial charge on any atom is 0.138 e. The standard InChI is InChI=1S/C17H15NO.C2H6/c1-12-10-15-16(11-13(12)2)18-9-8-17(15)19-14-6-4-3-5-7-14;1-2/h3-11H,1-2H3;1-2H3. The van der Waals surface area contributed by atoms with Crippen LogP contribution in [0.25, 0.3) is 10.9 Å². The SMILES string of the molecule is CC.Cc1cc2nccc(Oc3ccccc3)c2cc1C. The van der Waals surface area contributed by atoms with Gasteiger partial charge in [-0.2, -0.15) is 0 Å². The van der Waals surface area contributed by atoms with Crippen LogP contribution in [0.3, 0.4) is 0 Å². The van der Waals surface area contributed by atoms with Crippen LogP contribution >= 0.6 is 0 Å². The molecule has 0 amide bonds. The normalized spacial score (nSPS) is 9.90. The Hall–Kier alpha value is -2.35. The number of aryl methyl sites for hydroxylation is 2. The molecule has 108 valence electrons. The van der Waals surface area contributed by atoms with Crippen molar-refractivity contribution >= 4 is 10.9 Å². The van der Waals surface area contributed by atoms with E-state index in [1.165, 1.54) is 11.1 Å². The lowest BCUT2D eigenvalue weighted by Gasteiger charge is -2.10. The largest absolute Gasteiger partial charge is 0.457 e. The van der Waals surface area contributed by atoms with Gasteiger partial charge in [-0.1, -0.05) is 32.0 Å². The van der Waals surface area contributed by atoms with E-state index in [9.17, 15) is 0 Å². The summed E-state index contributed by atoms with van der Waals surface area (Å²) in [5.74, 6) is 1.69. The molecular formula is C19H21NO. The fourth-order valence-corrected chi connectivity index (χ4v) is 2.08. The molecule has 2 nitrogen and oxygen atoms in total. The number of para-hydroxylation sites is 1. The van der Waals surface area contributed by atoms with Crippen molar-refractivity contribution in [3.05, 3.63) is 65.9 Å². The molecule has 0 N–H and O–H groups in total. The third-order valence-corrected chi connectivity index (χ3v) is 3.29. The van der Waals surface area contributed by atoms with Gasteiger partial charge >= 0.3 is 0 Å². The van der Waals surface area contributed by atoms with E-state index in [4.69, 9.17) is 4.74 Å². The van der Waals surface area contributed by atoms with Crippen molar-refractivity contribution < 1.29 is 4.74 Å². The molecule has 3 rings (SSSR count). The highest BCUT2D eigenvalue weighted by Gasteiger charge is 2.06. The van der Waals surface area contributed by atoms with Crippen LogP contribution < -0.4 is 4.74 Å². The number of ether oxygens (including phenoxy) is 1. The van der Waals surface area contributed by atoms with Gasteiger partial charge in [0.15, 0.2) is 0 Å². The summed E-state index contributed by atoms with van der Waals surface area (Å²) >= 11 is 0. The average Bonchev–Trinajstić information content (AvgIpc) is 2.52. The van der Waals surface area contributed by atoms with E-state index in [1.807, 2.05) is 50.2 Å².